The maximum absolute atomic E-state index is 12.4. The third-order valence-electron chi connectivity index (χ3n) is 6.77. The molecular formula is C29H43NO6. The van der Waals surface area contributed by atoms with Gasteiger partial charge in [-0.25, -0.2) is 0 Å². The molecule has 0 aromatic heterocycles. The SMILES string of the molecule is CCCCC(C)(O)C/C=C/[C@H]1[C@H](O)CC(=O)[C@@H]1CCCCCCC(=O)Oc1ccc(NC(C)=O)cc1. The van der Waals surface area contributed by atoms with Gasteiger partial charge in [-0.2, -0.15) is 0 Å². The summed E-state index contributed by atoms with van der Waals surface area (Å²) in [6, 6.07) is 6.66. The first-order valence-corrected chi connectivity index (χ1v) is 13.3. The number of ketones is 1. The highest BCUT2D eigenvalue weighted by Crippen LogP contribution is 2.35. The van der Waals surface area contributed by atoms with Gasteiger partial charge in [0.05, 0.1) is 11.7 Å². The number of unbranched alkanes of at least 4 members (excludes halogenated alkanes) is 4. The quantitative estimate of drug-likeness (QED) is 0.129. The van der Waals surface area contributed by atoms with Gasteiger partial charge in [0.2, 0.25) is 5.91 Å². The van der Waals surface area contributed by atoms with E-state index in [2.05, 4.69) is 12.2 Å². The number of esters is 1. The molecule has 4 atom stereocenters. The van der Waals surface area contributed by atoms with E-state index in [1.807, 2.05) is 19.1 Å². The van der Waals surface area contributed by atoms with Gasteiger partial charge in [0.1, 0.15) is 11.5 Å². The monoisotopic (exact) mass is 501 g/mol. The van der Waals surface area contributed by atoms with Gasteiger partial charge in [0.25, 0.3) is 0 Å². The first-order chi connectivity index (χ1) is 17.1. The highest BCUT2D eigenvalue weighted by Gasteiger charge is 2.39. The highest BCUT2D eigenvalue weighted by molar-refractivity contribution is 5.88. The van der Waals surface area contributed by atoms with E-state index in [0.29, 0.717) is 30.7 Å². The third kappa shape index (κ3) is 10.6. The lowest BCUT2D eigenvalue weighted by Gasteiger charge is -2.22. The second kappa shape index (κ2) is 14.9. The maximum atomic E-state index is 12.4. The molecule has 7 nitrogen and oxygen atoms in total. The van der Waals surface area contributed by atoms with Crippen LogP contribution in [0.4, 0.5) is 5.69 Å². The molecule has 0 saturated heterocycles. The van der Waals surface area contributed by atoms with Crippen molar-refractivity contribution in [2.24, 2.45) is 11.8 Å². The summed E-state index contributed by atoms with van der Waals surface area (Å²) in [5.74, 6) is -0.265. The Labute approximate surface area is 215 Å². The number of carbonyl (C=O) groups is 3. The number of aliphatic hydroxyl groups excluding tert-OH is 1. The van der Waals surface area contributed by atoms with E-state index in [0.717, 1.165) is 44.9 Å². The summed E-state index contributed by atoms with van der Waals surface area (Å²) in [5, 5.41) is 23.5. The third-order valence-corrected chi connectivity index (χ3v) is 6.77. The molecule has 0 radical (unpaired) electrons. The van der Waals surface area contributed by atoms with Gasteiger partial charge in [-0.15, -0.1) is 0 Å². The van der Waals surface area contributed by atoms with Crippen LogP contribution in [0.5, 0.6) is 5.75 Å². The van der Waals surface area contributed by atoms with Crippen molar-refractivity contribution in [3.05, 3.63) is 36.4 Å². The van der Waals surface area contributed by atoms with E-state index in [-0.39, 0.29) is 35.9 Å². The van der Waals surface area contributed by atoms with E-state index >= 15 is 0 Å². The van der Waals surface area contributed by atoms with Gasteiger partial charge in [-0.1, -0.05) is 51.2 Å². The van der Waals surface area contributed by atoms with Crippen molar-refractivity contribution in [3.63, 3.8) is 0 Å². The molecule has 1 aliphatic rings. The summed E-state index contributed by atoms with van der Waals surface area (Å²) in [6.07, 6.45) is 11.0. The smallest absolute Gasteiger partial charge is 0.311 e. The highest BCUT2D eigenvalue weighted by atomic mass is 16.5. The van der Waals surface area contributed by atoms with Crippen LogP contribution in [-0.2, 0) is 14.4 Å². The van der Waals surface area contributed by atoms with Crippen molar-refractivity contribution in [2.45, 2.75) is 103 Å². The molecule has 1 amide bonds. The number of anilines is 1. The van der Waals surface area contributed by atoms with Crippen LogP contribution in [0.1, 0.15) is 91.4 Å². The Kier molecular flexibility index (Phi) is 12.3. The minimum atomic E-state index is -0.757. The maximum Gasteiger partial charge on any atom is 0.311 e. The second-order valence-electron chi connectivity index (χ2n) is 10.3. The fraction of sp³-hybridized carbons (Fsp3) is 0.621. The molecule has 0 heterocycles. The van der Waals surface area contributed by atoms with E-state index in [1.54, 1.807) is 24.3 Å². The molecule has 1 aromatic carbocycles. The molecule has 0 spiro atoms. The van der Waals surface area contributed by atoms with Gasteiger partial charge in [0.15, 0.2) is 0 Å². The Morgan fingerprint density at radius 1 is 1.14 bits per heavy atom. The van der Waals surface area contributed by atoms with E-state index in [4.69, 9.17) is 4.74 Å². The van der Waals surface area contributed by atoms with Crippen LogP contribution < -0.4 is 10.1 Å². The number of rotatable bonds is 15. The summed E-state index contributed by atoms with van der Waals surface area (Å²) in [7, 11) is 0. The van der Waals surface area contributed by atoms with Crippen molar-refractivity contribution in [1.82, 2.24) is 0 Å². The van der Waals surface area contributed by atoms with E-state index in [9.17, 15) is 24.6 Å². The molecule has 0 aliphatic heterocycles. The standard InChI is InChI=1S/C29H43NO6/c1-4-5-18-29(3,35)19-10-12-25-24(26(32)20-27(25)33)11-8-6-7-9-13-28(34)36-23-16-14-22(15-17-23)30-21(2)31/h10,12,14-17,24-25,27,33,35H,4-9,11,13,18-20H2,1-3H3,(H,30,31)/b12-10+/t24-,25-,27-,29?/m1/s1. The zero-order valence-electron chi connectivity index (χ0n) is 22.0. The van der Waals surface area contributed by atoms with Crippen molar-refractivity contribution >= 4 is 23.3 Å². The average molecular weight is 502 g/mol. The van der Waals surface area contributed by atoms with Crippen molar-refractivity contribution < 1.29 is 29.3 Å². The molecule has 1 aliphatic carbocycles. The average Bonchev–Trinajstić information content (AvgIpc) is 3.08. The number of amides is 1. The van der Waals surface area contributed by atoms with E-state index in [1.165, 1.54) is 6.92 Å². The number of Topliss-reactive ketones (excluding diaryl/α,β-unsaturated/α-hetero) is 1. The minimum Gasteiger partial charge on any atom is -0.427 e. The Morgan fingerprint density at radius 3 is 2.50 bits per heavy atom. The number of hydrogen-bond acceptors (Lipinski definition) is 6. The minimum absolute atomic E-state index is 0.114. The number of hydrogen-bond donors (Lipinski definition) is 3. The molecule has 7 heteroatoms. The zero-order chi connectivity index (χ0) is 26.6. The molecule has 36 heavy (non-hydrogen) atoms. The lowest BCUT2D eigenvalue weighted by Crippen LogP contribution is -2.23. The summed E-state index contributed by atoms with van der Waals surface area (Å²) >= 11 is 0. The number of nitrogens with one attached hydrogen (secondary N) is 1. The predicted octanol–water partition coefficient (Wildman–Crippen LogP) is 5.34. The van der Waals surface area contributed by atoms with Gasteiger partial charge in [-0.3, -0.25) is 14.4 Å². The first-order valence-electron chi connectivity index (χ1n) is 13.3. The van der Waals surface area contributed by atoms with Gasteiger partial charge in [0, 0.05) is 37.3 Å². The number of carbonyl (C=O) groups excluding carboxylic acids is 3. The molecule has 1 unspecified atom stereocenters. The summed E-state index contributed by atoms with van der Waals surface area (Å²) in [6.45, 7) is 5.36. The fourth-order valence-corrected chi connectivity index (χ4v) is 4.71. The largest absolute Gasteiger partial charge is 0.427 e. The van der Waals surface area contributed by atoms with Crippen molar-refractivity contribution in [3.8, 4) is 5.75 Å². The van der Waals surface area contributed by atoms with Crippen LogP contribution in [-0.4, -0.2) is 39.6 Å². The molecule has 200 valence electrons. The normalized spacial score (nSPS) is 21.5. The first kappa shape index (κ1) is 29.7. The van der Waals surface area contributed by atoms with Crippen molar-refractivity contribution in [1.29, 1.82) is 0 Å². The van der Waals surface area contributed by atoms with Crippen LogP contribution in [0.25, 0.3) is 0 Å². The number of benzene rings is 1. The van der Waals surface area contributed by atoms with Crippen molar-refractivity contribution in [2.75, 3.05) is 5.32 Å². The molecule has 1 saturated carbocycles. The van der Waals surface area contributed by atoms with Gasteiger partial charge < -0.3 is 20.3 Å². The number of aliphatic hydroxyl groups is 2. The van der Waals surface area contributed by atoms with Crippen LogP contribution in [0, 0.1) is 11.8 Å². The lowest BCUT2D eigenvalue weighted by molar-refractivity contribution is -0.134. The molecule has 1 aromatic rings. The molecular weight excluding hydrogens is 458 g/mol. The molecule has 1 fully saturated rings. The Bertz CT molecular complexity index is 876. The van der Waals surface area contributed by atoms with Gasteiger partial charge >= 0.3 is 5.97 Å². The fourth-order valence-electron chi connectivity index (χ4n) is 4.71. The lowest BCUT2D eigenvalue weighted by atomic mass is 9.87. The molecule has 3 N–H and O–H groups in total. The zero-order valence-corrected chi connectivity index (χ0v) is 22.0. The topological polar surface area (TPSA) is 113 Å². The van der Waals surface area contributed by atoms with Crippen LogP contribution >= 0.6 is 0 Å². The predicted molar refractivity (Wildman–Crippen MR) is 141 cm³/mol. The Hall–Kier alpha value is -2.51. The summed E-state index contributed by atoms with van der Waals surface area (Å²) in [5.41, 5.74) is -0.112. The molecule has 0 bridgehead atoms. The second-order valence-corrected chi connectivity index (χ2v) is 10.3. The summed E-state index contributed by atoms with van der Waals surface area (Å²) < 4.78 is 5.34. The van der Waals surface area contributed by atoms with Crippen LogP contribution in [0.2, 0.25) is 0 Å². The van der Waals surface area contributed by atoms with E-state index < -0.39 is 11.7 Å². The Morgan fingerprint density at radius 2 is 1.83 bits per heavy atom. The molecule has 2 rings (SSSR count). The van der Waals surface area contributed by atoms with Crippen LogP contribution in [0.3, 0.4) is 0 Å². The summed E-state index contributed by atoms with van der Waals surface area (Å²) in [4.78, 5) is 35.6. The van der Waals surface area contributed by atoms with Crippen LogP contribution in [0.15, 0.2) is 36.4 Å². The Balaban J connectivity index is 1.68. The number of ether oxygens (including phenoxy) is 1. The van der Waals surface area contributed by atoms with Gasteiger partial charge in [-0.05, 0) is 56.9 Å².